The highest BCUT2D eigenvalue weighted by atomic mass is 35.5. The molecule has 0 fully saturated rings. The highest BCUT2D eigenvalue weighted by Crippen LogP contribution is 2.17. The second-order valence-electron chi connectivity index (χ2n) is 2.52. The molecule has 3 heteroatoms. The molecule has 0 aliphatic carbocycles. The van der Waals surface area contributed by atoms with E-state index in [1.54, 1.807) is 6.20 Å². The average molecular weight is 227 g/mol. The maximum absolute atomic E-state index is 5.75. The van der Waals surface area contributed by atoms with Gasteiger partial charge in [-0.15, -0.1) is 0 Å². The summed E-state index contributed by atoms with van der Waals surface area (Å²) in [6.45, 7) is 10.0. The molecule has 0 saturated carbocycles. The van der Waals surface area contributed by atoms with Crippen LogP contribution in [0.1, 0.15) is 33.3 Å². The summed E-state index contributed by atoms with van der Waals surface area (Å²) in [5.74, 6) is 0. The van der Waals surface area contributed by atoms with Crippen molar-refractivity contribution < 1.29 is 0 Å². The molecular weight excluding hydrogens is 208 g/mol. The summed E-state index contributed by atoms with van der Waals surface area (Å²) in [5, 5.41) is 0.666. The van der Waals surface area contributed by atoms with Crippen LogP contribution in [0.2, 0.25) is 5.02 Å². The van der Waals surface area contributed by atoms with E-state index in [0.29, 0.717) is 5.02 Å². The van der Waals surface area contributed by atoms with Crippen molar-refractivity contribution in [1.29, 1.82) is 0 Å². The zero-order valence-corrected chi connectivity index (χ0v) is 10.8. The van der Waals surface area contributed by atoms with Crippen molar-refractivity contribution in [2.75, 3.05) is 0 Å². The number of aromatic amines is 1. The summed E-state index contributed by atoms with van der Waals surface area (Å²) in [5.41, 5.74) is 3.14. The SMILES string of the molecule is CC.CC.Cc1c[nH]c2cc(Cl)cnc12. The molecule has 2 rings (SSSR count). The molecule has 0 aromatic carbocycles. The molecule has 0 aliphatic heterocycles. The van der Waals surface area contributed by atoms with Crippen LogP contribution in [0.25, 0.3) is 11.0 Å². The first kappa shape index (κ1) is 14.0. The minimum atomic E-state index is 0.666. The number of rotatable bonds is 0. The maximum Gasteiger partial charge on any atom is 0.0909 e. The average Bonchev–Trinajstić information content (AvgIpc) is 2.65. The fraction of sp³-hybridized carbons (Fsp3) is 0.417. The molecule has 1 N–H and O–H groups in total. The van der Waals surface area contributed by atoms with Gasteiger partial charge in [-0.2, -0.15) is 0 Å². The molecule has 0 atom stereocenters. The third-order valence-electron chi connectivity index (χ3n) is 1.67. The van der Waals surface area contributed by atoms with E-state index in [-0.39, 0.29) is 0 Å². The number of aryl methyl sites for hydroxylation is 1. The molecule has 2 heterocycles. The number of aromatic nitrogens is 2. The smallest absolute Gasteiger partial charge is 0.0909 e. The number of nitrogens with zero attached hydrogens (tertiary/aromatic N) is 1. The fourth-order valence-corrected chi connectivity index (χ4v) is 1.28. The van der Waals surface area contributed by atoms with Crippen LogP contribution in [0.15, 0.2) is 18.5 Å². The lowest BCUT2D eigenvalue weighted by Crippen LogP contribution is -1.75. The van der Waals surface area contributed by atoms with Gasteiger partial charge in [-0.05, 0) is 18.6 Å². The summed E-state index contributed by atoms with van der Waals surface area (Å²) in [6, 6.07) is 1.87. The van der Waals surface area contributed by atoms with Crippen LogP contribution in [-0.2, 0) is 0 Å². The standard InChI is InChI=1S/C8H7ClN2.2C2H6/c1-5-3-10-7-2-6(9)4-11-8(5)7;2*1-2/h2-4,10H,1H3;2*1-2H3. The molecular formula is C12H19ClN2. The number of H-pyrrole nitrogens is 1. The Hall–Kier alpha value is -1.02. The van der Waals surface area contributed by atoms with E-state index in [1.807, 2.05) is 46.9 Å². The Morgan fingerprint density at radius 2 is 1.80 bits per heavy atom. The molecule has 84 valence electrons. The fourth-order valence-electron chi connectivity index (χ4n) is 1.12. The zero-order valence-electron chi connectivity index (χ0n) is 10.1. The van der Waals surface area contributed by atoms with Gasteiger partial charge in [0.05, 0.1) is 16.1 Å². The molecule has 0 spiro atoms. The van der Waals surface area contributed by atoms with E-state index in [4.69, 9.17) is 11.6 Å². The summed E-state index contributed by atoms with van der Waals surface area (Å²) >= 11 is 5.75. The predicted octanol–water partition coefficient (Wildman–Crippen LogP) is 4.58. The van der Waals surface area contributed by atoms with Gasteiger partial charge in [-0.25, -0.2) is 0 Å². The Balaban J connectivity index is 0.000000442. The van der Waals surface area contributed by atoms with Crippen molar-refractivity contribution in [3.8, 4) is 0 Å². The molecule has 0 aliphatic rings. The lowest BCUT2D eigenvalue weighted by Gasteiger charge is -1.90. The number of fused-ring (bicyclic) bond motifs is 1. The molecule has 0 bridgehead atoms. The van der Waals surface area contributed by atoms with Crippen LogP contribution in [-0.4, -0.2) is 9.97 Å². The van der Waals surface area contributed by atoms with E-state index in [9.17, 15) is 0 Å². The third-order valence-corrected chi connectivity index (χ3v) is 1.88. The van der Waals surface area contributed by atoms with Crippen molar-refractivity contribution in [2.45, 2.75) is 34.6 Å². The molecule has 2 aromatic rings. The molecule has 15 heavy (non-hydrogen) atoms. The van der Waals surface area contributed by atoms with Gasteiger partial charge in [0.2, 0.25) is 0 Å². The Morgan fingerprint density at radius 1 is 1.20 bits per heavy atom. The molecule has 0 unspecified atom stereocenters. The van der Waals surface area contributed by atoms with E-state index < -0.39 is 0 Å². The summed E-state index contributed by atoms with van der Waals surface area (Å²) in [4.78, 5) is 7.26. The third kappa shape index (κ3) is 3.56. The largest absolute Gasteiger partial charge is 0.360 e. The van der Waals surface area contributed by atoms with Gasteiger partial charge in [0.25, 0.3) is 0 Å². The van der Waals surface area contributed by atoms with E-state index >= 15 is 0 Å². The topological polar surface area (TPSA) is 28.7 Å². The number of hydrogen-bond donors (Lipinski definition) is 1. The lowest BCUT2D eigenvalue weighted by molar-refractivity contribution is 1.39. The predicted molar refractivity (Wildman–Crippen MR) is 68.5 cm³/mol. The Morgan fingerprint density at radius 3 is 2.40 bits per heavy atom. The zero-order chi connectivity index (χ0) is 11.8. The minimum Gasteiger partial charge on any atom is -0.360 e. The van der Waals surface area contributed by atoms with Crippen LogP contribution < -0.4 is 0 Å². The Labute approximate surface area is 96.7 Å². The first-order chi connectivity index (χ1) is 7.27. The molecule has 0 saturated heterocycles. The van der Waals surface area contributed by atoms with Gasteiger partial charge >= 0.3 is 0 Å². The van der Waals surface area contributed by atoms with Gasteiger partial charge < -0.3 is 4.98 Å². The first-order valence-electron chi connectivity index (χ1n) is 5.36. The van der Waals surface area contributed by atoms with Crippen LogP contribution in [0.5, 0.6) is 0 Å². The molecule has 2 aromatic heterocycles. The van der Waals surface area contributed by atoms with E-state index in [2.05, 4.69) is 9.97 Å². The number of hydrogen-bond acceptors (Lipinski definition) is 1. The summed E-state index contributed by atoms with van der Waals surface area (Å²) < 4.78 is 0. The maximum atomic E-state index is 5.75. The summed E-state index contributed by atoms with van der Waals surface area (Å²) in [7, 11) is 0. The van der Waals surface area contributed by atoms with Crippen molar-refractivity contribution in [3.63, 3.8) is 0 Å². The normalized spacial score (nSPS) is 8.67. The number of halogens is 1. The number of nitrogens with one attached hydrogen (secondary N) is 1. The van der Waals surface area contributed by atoms with E-state index in [1.165, 1.54) is 0 Å². The summed E-state index contributed by atoms with van der Waals surface area (Å²) in [6.07, 6.45) is 3.58. The highest BCUT2D eigenvalue weighted by Gasteiger charge is 1.99. The van der Waals surface area contributed by atoms with Gasteiger partial charge in [0.15, 0.2) is 0 Å². The number of pyridine rings is 1. The highest BCUT2D eigenvalue weighted by molar-refractivity contribution is 6.31. The van der Waals surface area contributed by atoms with E-state index in [0.717, 1.165) is 16.6 Å². The van der Waals surface area contributed by atoms with Crippen molar-refractivity contribution in [1.82, 2.24) is 9.97 Å². The van der Waals surface area contributed by atoms with Crippen LogP contribution in [0.3, 0.4) is 0 Å². The van der Waals surface area contributed by atoms with Gasteiger partial charge in [0.1, 0.15) is 0 Å². The van der Waals surface area contributed by atoms with Crippen molar-refractivity contribution >= 4 is 22.6 Å². The quantitative estimate of drug-likeness (QED) is 0.700. The Kier molecular flexibility index (Phi) is 6.80. The van der Waals surface area contributed by atoms with Gasteiger partial charge in [-0.1, -0.05) is 39.3 Å². The second-order valence-corrected chi connectivity index (χ2v) is 2.96. The van der Waals surface area contributed by atoms with Crippen molar-refractivity contribution in [2.24, 2.45) is 0 Å². The monoisotopic (exact) mass is 226 g/mol. The van der Waals surface area contributed by atoms with Crippen LogP contribution in [0.4, 0.5) is 0 Å². The van der Waals surface area contributed by atoms with Crippen LogP contribution >= 0.6 is 11.6 Å². The van der Waals surface area contributed by atoms with Crippen molar-refractivity contribution in [3.05, 3.63) is 29.0 Å². The molecule has 0 amide bonds. The molecule has 2 nitrogen and oxygen atoms in total. The minimum absolute atomic E-state index is 0.666. The Bertz CT molecular complexity index is 393. The van der Waals surface area contributed by atoms with Gasteiger partial charge in [-0.3, -0.25) is 4.98 Å². The first-order valence-corrected chi connectivity index (χ1v) is 5.74. The second kappa shape index (κ2) is 7.30. The lowest BCUT2D eigenvalue weighted by atomic mass is 10.3. The van der Waals surface area contributed by atoms with Crippen LogP contribution in [0, 0.1) is 6.92 Å². The van der Waals surface area contributed by atoms with Gasteiger partial charge in [0, 0.05) is 12.4 Å². The molecule has 0 radical (unpaired) electrons.